The summed E-state index contributed by atoms with van der Waals surface area (Å²) in [6.45, 7) is 2.75. The molecule has 1 saturated heterocycles. The van der Waals surface area contributed by atoms with Gasteiger partial charge in [-0.3, -0.25) is 9.89 Å². The summed E-state index contributed by atoms with van der Waals surface area (Å²) >= 11 is 0. The average Bonchev–Trinajstić information content (AvgIpc) is 3.04. The van der Waals surface area contributed by atoms with Crippen molar-refractivity contribution in [3.8, 4) is 0 Å². The monoisotopic (exact) mass is 290 g/mol. The summed E-state index contributed by atoms with van der Waals surface area (Å²) < 4.78 is 19.4. The van der Waals surface area contributed by atoms with Crippen molar-refractivity contribution in [2.75, 3.05) is 36.5 Å². The van der Waals surface area contributed by atoms with Gasteiger partial charge in [0.2, 0.25) is 0 Å². The molecule has 0 atom stereocenters. The highest BCUT2D eigenvalue weighted by molar-refractivity contribution is 6.02. The maximum atomic E-state index is 14.1. The van der Waals surface area contributed by atoms with E-state index in [2.05, 4.69) is 15.5 Å². The zero-order chi connectivity index (χ0) is 14.7. The van der Waals surface area contributed by atoms with Gasteiger partial charge in [0.15, 0.2) is 0 Å². The van der Waals surface area contributed by atoms with E-state index < -0.39 is 11.7 Å². The average molecular weight is 290 g/mol. The molecule has 7 heteroatoms. The third-order valence-corrected chi connectivity index (χ3v) is 3.32. The predicted molar refractivity (Wildman–Crippen MR) is 76.0 cm³/mol. The topological polar surface area (TPSA) is 70.2 Å². The molecule has 1 aliphatic rings. The lowest BCUT2D eigenvalue weighted by atomic mass is 10.2. The van der Waals surface area contributed by atoms with E-state index in [9.17, 15) is 9.18 Å². The maximum absolute atomic E-state index is 14.1. The number of carbonyl (C=O) groups excluding carboxylic acids is 1. The van der Waals surface area contributed by atoms with Gasteiger partial charge in [0.05, 0.1) is 18.9 Å². The summed E-state index contributed by atoms with van der Waals surface area (Å²) in [6, 6.07) is 6.30. The number of H-pyrrole nitrogens is 1. The van der Waals surface area contributed by atoms with Gasteiger partial charge in [0, 0.05) is 25.0 Å². The molecule has 2 heterocycles. The number of rotatable bonds is 3. The fourth-order valence-corrected chi connectivity index (χ4v) is 2.20. The summed E-state index contributed by atoms with van der Waals surface area (Å²) in [6.07, 6.45) is 1.47. The van der Waals surface area contributed by atoms with Gasteiger partial charge in [-0.1, -0.05) is 0 Å². The van der Waals surface area contributed by atoms with Gasteiger partial charge in [0.25, 0.3) is 5.91 Å². The smallest absolute Gasteiger partial charge is 0.273 e. The Balaban J connectivity index is 1.73. The minimum absolute atomic E-state index is 0.145. The second kappa shape index (κ2) is 5.92. The minimum Gasteiger partial charge on any atom is -0.378 e. The number of aromatic nitrogens is 2. The molecule has 0 aliphatic carbocycles. The van der Waals surface area contributed by atoms with Gasteiger partial charge >= 0.3 is 0 Å². The number of anilines is 2. The largest absolute Gasteiger partial charge is 0.378 e. The predicted octanol–water partition coefficient (Wildman–Crippen LogP) is 1.64. The first-order valence-corrected chi connectivity index (χ1v) is 6.67. The van der Waals surface area contributed by atoms with Gasteiger partial charge in [-0.2, -0.15) is 5.10 Å². The number of aromatic amines is 1. The van der Waals surface area contributed by atoms with Crippen molar-refractivity contribution >= 4 is 17.3 Å². The van der Waals surface area contributed by atoms with Crippen LogP contribution in [-0.4, -0.2) is 42.4 Å². The Morgan fingerprint density at radius 3 is 2.81 bits per heavy atom. The number of benzene rings is 1. The summed E-state index contributed by atoms with van der Waals surface area (Å²) in [5.74, 6) is -0.891. The Morgan fingerprint density at radius 2 is 2.14 bits per heavy atom. The van der Waals surface area contributed by atoms with Crippen LogP contribution in [0.4, 0.5) is 15.8 Å². The zero-order valence-corrected chi connectivity index (χ0v) is 11.3. The zero-order valence-electron chi connectivity index (χ0n) is 11.3. The summed E-state index contributed by atoms with van der Waals surface area (Å²) in [5.41, 5.74) is 1.22. The standard InChI is InChI=1S/C14H15FN4O2/c15-11-9-10(19-5-7-21-8-6-19)1-2-12(11)17-14(20)13-3-4-16-18-13/h1-4,9H,5-8H2,(H,16,18)(H,17,20). The Morgan fingerprint density at radius 1 is 1.33 bits per heavy atom. The number of nitrogens with zero attached hydrogens (tertiary/aromatic N) is 2. The SMILES string of the molecule is O=C(Nc1ccc(N2CCOCC2)cc1F)c1ccn[nH]1. The van der Waals surface area contributed by atoms with Crippen molar-refractivity contribution in [1.82, 2.24) is 10.2 Å². The lowest BCUT2D eigenvalue weighted by Crippen LogP contribution is -2.36. The summed E-state index contributed by atoms with van der Waals surface area (Å²) in [4.78, 5) is 13.9. The number of carbonyl (C=O) groups is 1. The normalized spacial score (nSPS) is 15.0. The van der Waals surface area contributed by atoms with E-state index in [0.29, 0.717) is 13.2 Å². The molecular weight excluding hydrogens is 275 g/mol. The molecule has 3 rings (SSSR count). The first kappa shape index (κ1) is 13.6. The molecule has 0 unspecified atom stereocenters. The molecule has 1 aromatic heterocycles. The van der Waals surface area contributed by atoms with Gasteiger partial charge in [-0.15, -0.1) is 0 Å². The van der Waals surface area contributed by atoms with Crippen LogP contribution in [0.5, 0.6) is 0 Å². The van der Waals surface area contributed by atoms with Crippen LogP contribution in [0.3, 0.4) is 0 Å². The van der Waals surface area contributed by atoms with Crippen molar-refractivity contribution in [3.05, 3.63) is 42.0 Å². The van der Waals surface area contributed by atoms with E-state index in [1.54, 1.807) is 12.1 Å². The highest BCUT2D eigenvalue weighted by Crippen LogP contribution is 2.23. The van der Waals surface area contributed by atoms with Gasteiger partial charge in [-0.25, -0.2) is 4.39 Å². The molecule has 0 radical (unpaired) electrons. The van der Waals surface area contributed by atoms with E-state index >= 15 is 0 Å². The van der Waals surface area contributed by atoms with Crippen molar-refractivity contribution in [2.24, 2.45) is 0 Å². The van der Waals surface area contributed by atoms with Gasteiger partial charge < -0.3 is 15.0 Å². The van der Waals surface area contributed by atoms with Crippen LogP contribution in [-0.2, 0) is 4.74 Å². The molecule has 2 aromatic rings. The Labute approximate surface area is 120 Å². The quantitative estimate of drug-likeness (QED) is 0.901. The van der Waals surface area contributed by atoms with Crippen molar-refractivity contribution in [2.45, 2.75) is 0 Å². The highest BCUT2D eigenvalue weighted by atomic mass is 19.1. The first-order valence-electron chi connectivity index (χ1n) is 6.67. The lowest BCUT2D eigenvalue weighted by molar-refractivity contribution is 0.102. The molecule has 0 spiro atoms. The third-order valence-electron chi connectivity index (χ3n) is 3.32. The first-order chi connectivity index (χ1) is 10.2. The Kier molecular flexibility index (Phi) is 3.83. The molecule has 1 aliphatic heterocycles. The number of amides is 1. The molecule has 1 amide bonds. The van der Waals surface area contributed by atoms with E-state index in [1.807, 2.05) is 4.90 Å². The van der Waals surface area contributed by atoms with E-state index in [0.717, 1.165) is 18.8 Å². The third kappa shape index (κ3) is 3.03. The van der Waals surface area contributed by atoms with Crippen molar-refractivity contribution in [1.29, 1.82) is 0 Å². The number of morpholine rings is 1. The molecule has 21 heavy (non-hydrogen) atoms. The van der Waals surface area contributed by atoms with E-state index in [4.69, 9.17) is 4.74 Å². The van der Waals surface area contributed by atoms with Gasteiger partial charge in [-0.05, 0) is 24.3 Å². The van der Waals surface area contributed by atoms with Crippen LogP contribution >= 0.6 is 0 Å². The van der Waals surface area contributed by atoms with Crippen LogP contribution in [0.1, 0.15) is 10.5 Å². The summed E-state index contributed by atoms with van der Waals surface area (Å²) in [7, 11) is 0. The fourth-order valence-electron chi connectivity index (χ4n) is 2.20. The fraction of sp³-hybridized carbons (Fsp3) is 0.286. The van der Waals surface area contributed by atoms with Crippen LogP contribution in [0, 0.1) is 5.82 Å². The van der Waals surface area contributed by atoms with Crippen LogP contribution in [0.15, 0.2) is 30.5 Å². The number of nitrogens with one attached hydrogen (secondary N) is 2. The second-order valence-electron chi connectivity index (χ2n) is 4.69. The lowest BCUT2D eigenvalue weighted by Gasteiger charge is -2.29. The minimum atomic E-state index is -0.466. The van der Waals surface area contributed by atoms with E-state index in [-0.39, 0.29) is 11.4 Å². The molecule has 0 saturated carbocycles. The Bertz CT molecular complexity index is 624. The van der Waals surface area contributed by atoms with Crippen LogP contribution in [0.25, 0.3) is 0 Å². The maximum Gasteiger partial charge on any atom is 0.273 e. The number of hydrogen-bond donors (Lipinski definition) is 2. The molecule has 1 aromatic carbocycles. The van der Waals surface area contributed by atoms with Crippen LogP contribution < -0.4 is 10.2 Å². The molecule has 1 fully saturated rings. The Hall–Kier alpha value is -2.41. The van der Waals surface area contributed by atoms with Crippen molar-refractivity contribution in [3.63, 3.8) is 0 Å². The van der Waals surface area contributed by atoms with Gasteiger partial charge in [0.1, 0.15) is 11.5 Å². The molecule has 0 bridgehead atoms. The number of halogens is 1. The van der Waals surface area contributed by atoms with Crippen LogP contribution in [0.2, 0.25) is 0 Å². The summed E-state index contributed by atoms with van der Waals surface area (Å²) in [5, 5.41) is 8.73. The second-order valence-corrected chi connectivity index (χ2v) is 4.69. The number of hydrogen-bond acceptors (Lipinski definition) is 4. The number of ether oxygens (including phenoxy) is 1. The molecule has 2 N–H and O–H groups in total. The van der Waals surface area contributed by atoms with E-state index in [1.165, 1.54) is 18.3 Å². The van der Waals surface area contributed by atoms with Crippen molar-refractivity contribution < 1.29 is 13.9 Å². The highest BCUT2D eigenvalue weighted by Gasteiger charge is 2.15. The molecule has 110 valence electrons. The molecular formula is C14H15FN4O2. The molecule has 6 nitrogen and oxygen atoms in total.